The fraction of sp³-hybridized carbons (Fsp3) is 0.250. The molecule has 2 rings (SSSR count). The van der Waals surface area contributed by atoms with Crippen molar-refractivity contribution in [2.45, 2.75) is 13.8 Å². The van der Waals surface area contributed by atoms with Crippen molar-refractivity contribution in [2.75, 3.05) is 5.73 Å². The van der Waals surface area contributed by atoms with Crippen molar-refractivity contribution in [2.24, 2.45) is 7.05 Å². The molecule has 1 aromatic heterocycles. The largest absolute Gasteiger partial charge is 0.382 e. The molecular formula is C12H15N3. The highest BCUT2D eigenvalue weighted by Gasteiger charge is 2.08. The molecule has 0 saturated heterocycles. The van der Waals surface area contributed by atoms with Gasteiger partial charge in [0.25, 0.3) is 0 Å². The molecule has 0 aliphatic carbocycles. The highest BCUT2D eigenvalue weighted by Crippen LogP contribution is 2.27. The number of anilines is 1. The number of nitrogen functional groups attached to an aromatic ring is 1. The van der Waals surface area contributed by atoms with Gasteiger partial charge >= 0.3 is 0 Å². The van der Waals surface area contributed by atoms with Crippen molar-refractivity contribution < 1.29 is 0 Å². The number of hydrogen-bond acceptors (Lipinski definition) is 2. The zero-order chi connectivity index (χ0) is 11.0. The number of nitrogens with two attached hydrogens (primary N) is 1. The van der Waals surface area contributed by atoms with Gasteiger partial charge in [0.2, 0.25) is 0 Å². The molecule has 0 amide bonds. The van der Waals surface area contributed by atoms with Crippen LogP contribution in [0.15, 0.2) is 24.4 Å². The Morgan fingerprint density at radius 3 is 2.47 bits per heavy atom. The van der Waals surface area contributed by atoms with E-state index in [0.717, 1.165) is 11.1 Å². The van der Waals surface area contributed by atoms with Crippen LogP contribution < -0.4 is 5.73 Å². The van der Waals surface area contributed by atoms with Crippen molar-refractivity contribution in [1.82, 2.24) is 9.78 Å². The standard InChI is InChI=1S/C12H15N3/c1-8-4-5-10(9(2)6-8)11-7-15(3)14-12(11)13/h4-7H,1-3H3,(H2,13,14). The smallest absolute Gasteiger partial charge is 0.153 e. The maximum absolute atomic E-state index is 5.85. The SMILES string of the molecule is Cc1ccc(-c2cn(C)nc2N)c(C)c1. The van der Waals surface area contributed by atoms with Gasteiger partial charge in [-0.15, -0.1) is 0 Å². The van der Waals surface area contributed by atoms with Crippen molar-refractivity contribution in [3.05, 3.63) is 35.5 Å². The molecule has 0 spiro atoms. The molecule has 0 unspecified atom stereocenters. The molecule has 0 radical (unpaired) electrons. The summed E-state index contributed by atoms with van der Waals surface area (Å²) in [6.45, 7) is 4.18. The maximum Gasteiger partial charge on any atom is 0.153 e. The van der Waals surface area contributed by atoms with E-state index in [1.807, 2.05) is 13.2 Å². The summed E-state index contributed by atoms with van der Waals surface area (Å²) in [6.07, 6.45) is 1.95. The Morgan fingerprint density at radius 1 is 1.20 bits per heavy atom. The van der Waals surface area contributed by atoms with Crippen LogP contribution in [0.5, 0.6) is 0 Å². The first-order valence-electron chi connectivity index (χ1n) is 4.94. The minimum absolute atomic E-state index is 0.587. The summed E-state index contributed by atoms with van der Waals surface area (Å²) >= 11 is 0. The first kappa shape index (κ1) is 9.77. The molecule has 2 aromatic rings. The van der Waals surface area contributed by atoms with Crippen LogP contribution in [0.3, 0.4) is 0 Å². The van der Waals surface area contributed by atoms with Crippen LogP contribution in [0.2, 0.25) is 0 Å². The molecule has 1 heterocycles. The van der Waals surface area contributed by atoms with Crippen molar-refractivity contribution in [3.63, 3.8) is 0 Å². The highest BCUT2D eigenvalue weighted by molar-refractivity contribution is 5.75. The van der Waals surface area contributed by atoms with Crippen LogP contribution in [0.1, 0.15) is 11.1 Å². The van der Waals surface area contributed by atoms with Gasteiger partial charge in [0.05, 0.1) is 0 Å². The van der Waals surface area contributed by atoms with E-state index < -0.39 is 0 Å². The van der Waals surface area contributed by atoms with Gasteiger partial charge in [-0.05, 0) is 25.0 Å². The lowest BCUT2D eigenvalue weighted by atomic mass is 10.0. The summed E-state index contributed by atoms with van der Waals surface area (Å²) in [5, 5.41) is 4.15. The maximum atomic E-state index is 5.85. The molecule has 2 N–H and O–H groups in total. The first-order valence-corrected chi connectivity index (χ1v) is 4.94. The molecule has 15 heavy (non-hydrogen) atoms. The predicted molar refractivity (Wildman–Crippen MR) is 62.5 cm³/mol. The van der Waals surface area contributed by atoms with Gasteiger partial charge in [-0.1, -0.05) is 23.8 Å². The predicted octanol–water partition coefficient (Wildman–Crippen LogP) is 2.29. The quantitative estimate of drug-likeness (QED) is 0.769. The van der Waals surface area contributed by atoms with E-state index in [0.29, 0.717) is 5.82 Å². The van der Waals surface area contributed by atoms with E-state index in [2.05, 4.69) is 37.1 Å². The second-order valence-corrected chi connectivity index (χ2v) is 3.92. The zero-order valence-electron chi connectivity index (χ0n) is 9.28. The normalized spacial score (nSPS) is 10.6. The van der Waals surface area contributed by atoms with E-state index in [1.165, 1.54) is 11.1 Å². The van der Waals surface area contributed by atoms with Crippen LogP contribution in [-0.4, -0.2) is 9.78 Å². The summed E-state index contributed by atoms with van der Waals surface area (Å²) in [5.41, 5.74) is 10.5. The fourth-order valence-corrected chi connectivity index (χ4v) is 1.83. The summed E-state index contributed by atoms with van der Waals surface area (Å²) in [4.78, 5) is 0. The number of aryl methyl sites for hydroxylation is 3. The number of rotatable bonds is 1. The van der Waals surface area contributed by atoms with E-state index in [1.54, 1.807) is 4.68 Å². The minimum Gasteiger partial charge on any atom is -0.382 e. The van der Waals surface area contributed by atoms with Crippen LogP contribution in [0.25, 0.3) is 11.1 Å². The Balaban J connectivity index is 2.59. The average molecular weight is 201 g/mol. The Labute approximate surface area is 89.5 Å². The molecule has 0 fully saturated rings. The monoisotopic (exact) mass is 201 g/mol. The lowest BCUT2D eigenvalue weighted by Crippen LogP contribution is -1.91. The molecule has 0 atom stereocenters. The number of aromatic nitrogens is 2. The van der Waals surface area contributed by atoms with Gasteiger partial charge in [-0.2, -0.15) is 5.10 Å². The molecule has 78 valence electrons. The van der Waals surface area contributed by atoms with E-state index in [9.17, 15) is 0 Å². The number of benzene rings is 1. The third-order valence-electron chi connectivity index (χ3n) is 2.53. The zero-order valence-corrected chi connectivity index (χ0v) is 9.28. The van der Waals surface area contributed by atoms with Crippen molar-refractivity contribution in [3.8, 4) is 11.1 Å². The molecule has 0 saturated carbocycles. The summed E-state index contributed by atoms with van der Waals surface area (Å²) in [5.74, 6) is 0.587. The van der Waals surface area contributed by atoms with E-state index in [4.69, 9.17) is 5.73 Å². The third kappa shape index (κ3) is 1.73. The average Bonchev–Trinajstić information content (AvgIpc) is 2.45. The van der Waals surface area contributed by atoms with Crippen LogP contribution in [-0.2, 0) is 7.05 Å². The van der Waals surface area contributed by atoms with Crippen LogP contribution in [0, 0.1) is 13.8 Å². The lowest BCUT2D eigenvalue weighted by molar-refractivity contribution is 0.772. The Bertz CT molecular complexity index is 498. The summed E-state index contributed by atoms with van der Waals surface area (Å²) < 4.78 is 1.74. The topological polar surface area (TPSA) is 43.8 Å². The molecule has 3 heteroatoms. The van der Waals surface area contributed by atoms with E-state index in [-0.39, 0.29) is 0 Å². The number of hydrogen-bond donors (Lipinski definition) is 1. The van der Waals surface area contributed by atoms with Crippen LogP contribution in [0.4, 0.5) is 5.82 Å². The van der Waals surface area contributed by atoms with Crippen LogP contribution >= 0.6 is 0 Å². The second kappa shape index (κ2) is 3.42. The molecular weight excluding hydrogens is 186 g/mol. The van der Waals surface area contributed by atoms with Crippen molar-refractivity contribution >= 4 is 5.82 Å². The Hall–Kier alpha value is -1.77. The Morgan fingerprint density at radius 2 is 1.93 bits per heavy atom. The van der Waals surface area contributed by atoms with E-state index >= 15 is 0 Å². The highest BCUT2D eigenvalue weighted by atomic mass is 15.3. The minimum atomic E-state index is 0.587. The molecule has 0 aliphatic heterocycles. The number of nitrogens with zero attached hydrogens (tertiary/aromatic N) is 2. The molecule has 1 aromatic carbocycles. The summed E-state index contributed by atoms with van der Waals surface area (Å²) in [6, 6.07) is 6.34. The third-order valence-corrected chi connectivity index (χ3v) is 2.53. The van der Waals surface area contributed by atoms with Gasteiger partial charge in [0.15, 0.2) is 5.82 Å². The molecule has 0 bridgehead atoms. The molecule has 3 nitrogen and oxygen atoms in total. The fourth-order valence-electron chi connectivity index (χ4n) is 1.83. The second-order valence-electron chi connectivity index (χ2n) is 3.92. The van der Waals surface area contributed by atoms with Gasteiger partial charge in [0, 0.05) is 18.8 Å². The van der Waals surface area contributed by atoms with Gasteiger partial charge in [-0.25, -0.2) is 0 Å². The van der Waals surface area contributed by atoms with Gasteiger partial charge in [-0.3, -0.25) is 4.68 Å². The lowest BCUT2D eigenvalue weighted by Gasteiger charge is -2.04. The summed E-state index contributed by atoms with van der Waals surface area (Å²) in [7, 11) is 1.88. The van der Waals surface area contributed by atoms with Crippen molar-refractivity contribution in [1.29, 1.82) is 0 Å². The molecule has 0 aliphatic rings. The van der Waals surface area contributed by atoms with Gasteiger partial charge in [0.1, 0.15) is 0 Å². The first-order chi connectivity index (χ1) is 7.08. The van der Waals surface area contributed by atoms with Gasteiger partial charge < -0.3 is 5.73 Å². The Kier molecular flexibility index (Phi) is 2.23.